The van der Waals surface area contributed by atoms with Crippen molar-refractivity contribution in [3.05, 3.63) is 66.0 Å². The number of nitrogens with one attached hydrogen (secondary N) is 1. The lowest BCUT2D eigenvalue weighted by Crippen LogP contribution is -2.55. The van der Waals surface area contributed by atoms with Gasteiger partial charge in [0.25, 0.3) is 0 Å². The van der Waals surface area contributed by atoms with Gasteiger partial charge in [-0.05, 0) is 35.4 Å². The molecule has 1 aromatic carbocycles. The van der Waals surface area contributed by atoms with E-state index in [-0.39, 0.29) is 0 Å². The second kappa shape index (κ2) is 5.98. The molecule has 0 amide bonds. The first-order valence-electron chi connectivity index (χ1n) is 7.86. The van der Waals surface area contributed by atoms with Gasteiger partial charge in [-0.15, -0.1) is 0 Å². The summed E-state index contributed by atoms with van der Waals surface area (Å²) in [6.07, 6.45) is 4.11. The molecule has 1 heterocycles. The second-order valence-electron chi connectivity index (χ2n) is 6.60. The molecule has 2 atom stereocenters. The van der Waals surface area contributed by atoms with Crippen molar-refractivity contribution in [2.75, 3.05) is 6.54 Å². The summed E-state index contributed by atoms with van der Waals surface area (Å²) in [5, 5.41) is 3.72. The SMILES string of the molecule is CC1(C)C(NCCc2ccccn2)CC1c1ccccc1. The molecule has 3 rings (SSSR count). The Morgan fingerprint density at radius 3 is 2.52 bits per heavy atom. The summed E-state index contributed by atoms with van der Waals surface area (Å²) in [5.74, 6) is 0.672. The molecule has 2 nitrogen and oxygen atoms in total. The van der Waals surface area contributed by atoms with Gasteiger partial charge < -0.3 is 5.32 Å². The minimum Gasteiger partial charge on any atom is -0.313 e. The predicted octanol–water partition coefficient (Wildman–Crippen LogP) is 3.80. The quantitative estimate of drug-likeness (QED) is 0.901. The van der Waals surface area contributed by atoms with E-state index < -0.39 is 0 Å². The van der Waals surface area contributed by atoms with Crippen LogP contribution in [0.3, 0.4) is 0 Å². The van der Waals surface area contributed by atoms with Crippen molar-refractivity contribution in [2.45, 2.75) is 38.6 Å². The van der Waals surface area contributed by atoms with Crippen molar-refractivity contribution < 1.29 is 0 Å². The summed E-state index contributed by atoms with van der Waals surface area (Å²) in [4.78, 5) is 4.38. The van der Waals surface area contributed by atoms with Crippen molar-refractivity contribution >= 4 is 0 Å². The van der Waals surface area contributed by atoms with Gasteiger partial charge in [-0.2, -0.15) is 0 Å². The van der Waals surface area contributed by atoms with Crippen LogP contribution in [-0.4, -0.2) is 17.6 Å². The molecular weight excluding hydrogens is 256 g/mol. The van der Waals surface area contributed by atoms with E-state index in [1.54, 1.807) is 0 Å². The first-order valence-corrected chi connectivity index (χ1v) is 7.86. The molecule has 1 saturated carbocycles. The number of pyridine rings is 1. The summed E-state index contributed by atoms with van der Waals surface area (Å²) in [5.41, 5.74) is 2.97. The standard InChI is InChI=1S/C19H24N2/c1-19(2)17(15-8-4-3-5-9-15)14-18(19)21-13-11-16-10-6-7-12-20-16/h3-10,12,17-18,21H,11,13-14H2,1-2H3. The highest BCUT2D eigenvalue weighted by atomic mass is 15.0. The van der Waals surface area contributed by atoms with Crippen LogP contribution in [0.5, 0.6) is 0 Å². The van der Waals surface area contributed by atoms with Gasteiger partial charge in [-0.3, -0.25) is 4.98 Å². The third-order valence-corrected chi connectivity index (χ3v) is 4.97. The van der Waals surface area contributed by atoms with Gasteiger partial charge in [-0.1, -0.05) is 50.2 Å². The zero-order chi connectivity index (χ0) is 14.7. The Hall–Kier alpha value is -1.67. The van der Waals surface area contributed by atoms with E-state index in [1.807, 2.05) is 12.3 Å². The first kappa shape index (κ1) is 14.3. The van der Waals surface area contributed by atoms with Gasteiger partial charge in [0.1, 0.15) is 0 Å². The molecule has 0 spiro atoms. The third kappa shape index (κ3) is 3.01. The van der Waals surface area contributed by atoms with Crippen molar-refractivity contribution in [1.29, 1.82) is 0 Å². The van der Waals surface area contributed by atoms with Crippen LogP contribution in [0.15, 0.2) is 54.7 Å². The van der Waals surface area contributed by atoms with E-state index in [0.29, 0.717) is 17.4 Å². The van der Waals surface area contributed by atoms with Crippen molar-refractivity contribution in [3.8, 4) is 0 Å². The summed E-state index contributed by atoms with van der Waals surface area (Å²) in [7, 11) is 0. The zero-order valence-electron chi connectivity index (χ0n) is 12.9. The van der Waals surface area contributed by atoms with E-state index in [9.17, 15) is 0 Å². The topological polar surface area (TPSA) is 24.9 Å². The number of hydrogen-bond acceptors (Lipinski definition) is 2. The fourth-order valence-corrected chi connectivity index (χ4v) is 3.44. The molecule has 0 bridgehead atoms. The van der Waals surface area contributed by atoms with E-state index in [2.05, 4.69) is 66.6 Å². The van der Waals surface area contributed by atoms with Crippen LogP contribution in [0.2, 0.25) is 0 Å². The van der Waals surface area contributed by atoms with Crippen LogP contribution >= 0.6 is 0 Å². The smallest absolute Gasteiger partial charge is 0.0416 e. The fraction of sp³-hybridized carbons (Fsp3) is 0.421. The normalized spacial score (nSPS) is 23.5. The maximum absolute atomic E-state index is 4.38. The molecule has 21 heavy (non-hydrogen) atoms. The summed E-state index contributed by atoms with van der Waals surface area (Å²) >= 11 is 0. The Morgan fingerprint density at radius 1 is 1.10 bits per heavy atom. The predicted molar refractivity (Wildman–Crippen MR) is 87.3 cm³/mol. The van der Waals surface area contributed by atoms with E-state index in [4.69, 9.17) is 0 Å². The average Bonchev–Trinajstić information content (AvgIpc) is 2.52. The Balaban J connectivity index is 1.52. The number of nitrogens with zero attached hydrogens (tertiary/aromatic N) is 1. The molecule has 0 saturated heterocycles. The summed E-state index contributed by atoms with van der Waals surface area (Å²) in [6.45, 7) is 5.77. The van der Waals surface area contributed by atoms with Crippen LogP contribution in [0.25, 0.3) is 0 Å². The molecule has 0 aliphatic heterocycles. The van der Waals surface area contributed by atoms with Gasteiger partial charge in [0, 0.05) is 30.9 Å². The monoisotopic (exact) mass is 280 g/mol. The molecule has 1 aliphatic rings. The minimum absolute atomic E-state index is 0.325. The lowest BCUT2D eigenvalue weighted by molar-refractivity contribution is 0.0696. The average molecular weight is 280 g/mol. The highest BCUT2D eigenvalue weighted by Crippen LogP contribution is 2.52. The highest BCUT2D eigenvalue weighted by Gasteiger charge is 2.48. The lowest BCUT2D eigenvalue weighted by atomic mass is 9.56. The molecule has 2 heteroatoms. The molecule has 1 fully saturated rings. The van der Waals surface area contributed by atoms with Gasteiger partial charge in [-0.25, -0.2) is 0 Å². The Bertz CT molecular complexity index is 563. The van der Waals surface area contributed by atoms with Crippen LogP contribution in [0.4, 0.5) is 0 Å². The van der Waals surface area contributed by atoms with E-state index in [0.717, 1.165) is 13.0 Å². The molecule has 2 aromatic rings. The summed E-state index contributed by atoms with van der Waals surface area (Å²) in [6, 6.07) is 17.6. The molecule has 1 aliphatic carbocycles. The van der Waals surface area contributed by atoms with E-state index >= 15 is 0 Å². The minimum atomic E-state index is 0.325. The second-order valence-corrected chi connectivity index (χ2v) is 6.60. The van der Waals surface area contributed by atoms with Gasteiger partial charge in [0.2, 0.25) is 0 Å². The maximum Gasteiger partial charge on any atom is 0.0416 e. The Kier molecular flexibility index (Phi) is 4.07. The van der Waals surface area contributed by atoms with Crippen molar-refractivity contribution in [2.24, 2.45) is 5.41 Å². The molecule has 0 radical (unpaired) electrons. The third-order valence-electron chi connectivity index (χ3n) is 4.97. The summed E-state index contributed by atoms with van der Waals surface area (Å²) < 4.78 is 0. The Morgan fingerprint density at radius 2 is 1.86 bits per heavy atom. The van der Waals surface area contributed by atoms with Crippen molar-refractivity contribution in [1.82, 2.24) is 10.3 Å². The fourth-order valence-electron chi connectivity index (χ4n) is 3.44. The van der Waals surface area contributed by atoms with Crippen LogP contribution in [-0.2, 0) is 6.42 Å². The lowest BCUT2D eigenvalue weighted by Gasteiger charge is -2.53. The molecule has 110 valence electrons. The molecular formula is C19H24N2. The molecule has 2 unspecified atom stereocenters. The maximum atomic E-state index is 4.38. The van der Waals surface area contributed by atoms with Crippen LogP contribution in [0, 0.1) is 5.41 Å². The Labute approximate surface area is 127 Å². The van der Waals surface area contributed by atoms with Crippen LogP contribution in [0.1, 0.15) is 37.4 Å². The molecule has 1 N–H and O–H groups in total. The van der Waals surface area contributed by atoms with E-state index in [1.165, 1.54) is 17.7 Å². The first-order chi connectivity index (χ1) is 10.2. The number of hydrogen-bond donors (Lipinski definition) is 1. The number of benzene rings is 1. The van der Waals surface area contributed by atoms with Gasteiger partial charge in [0.05, 0.1) is 0 Å². The van der Waals surface area contributed by atoms with Crippen LogP contribution < -0.4 is 5.32 Å². The largest absolute Gasteiger partial charge is 0.313 e. The number of rotatable bonds is 5. The van der Waals surface area contributed by atoms with Crippen molar-refractivity contribution in [3.63, 3.8) is 0 Å². The highest BCUT2D eigenvalue weighted by molar-refractivity contribution is 5.27. The molecule has 1 aromatic heterocycles. The zero-order valence-corrected chi connectivity index (χ0v) is 12.9. The number of aromatic nitrogens is 1. The van der Waals surface area contributed by atoms with Gasteiger partial charge in [0.15, 0.2) is 0 Å². The van der Waals surface area contributed by atoms with Gasteiger partial charge >= 0.3 is 0 Å².